The van der Waals surface area contributed by atoms with Crippen LogP contribution in [0.3, 0.4) is 0 Å². The summed E-state index contributed by atoms with van der Waals surface area (Å²) < 4.78 is 12.3. The molecule has 2 aliphatic heterocycles. The van der Waals surface area contributed by atoms with Crippen LogP contribution in [0.1, 0.15) is 63.1 Å². The van der Waals surface area contributed by atoms with Crippen molar-refractivity contribution in [2.24, 2.45) is 0 Å². The maximum atomic E-state index is 13.4. The molecular formula is C30H42FN5O3. The number of hydrazine groups is 1. The Morgan fingerprint density at radius 1 is 0.974 bits per heavy atom. The quantitative estimate of drug-likeness (QED) is 0.346. The van der Waals surface area contributed by atoms with Crippen LogP contribution in [-0.2, 0) is 20.9 Å². The van der Waals surface area contributed by atoms with E-state index in [1.807, 2.05) is 49.2 Å². The molecule has 2 heterocycles. The zero-order valence-electron chi connectivity index (χ0n) is 23.4. The number of rotatable bonds is 11. The number of carbonyl (C=O) groups excluding carboxylic acids is 3. The van der Waals surface area contributed by atoms with E-state index < -0.39 is 12.2 Å². The zero-order chi connectivity index (χ0) is 28.2. The molecule has 0 aliphatic carbocycles. The number of unbranched alkanes of at least 4 members (excludes halogenated alkanes) is 4. The number of likely N-dealkylation sites (N-methyl/N-ethyl adjacent to an activating group) is 1. The van der Waals surface area contributed by atoms with E-state index in [0.29, 0.717) is 19.6 Å². The number of amides is 3. The summed E-state index contributed by atoms with van der Waals surface area (Å²) in [5, 5.41) is 6.33. The van der Waals surface area contributed by atoms with Crippen molar-refractivity contribution in [1.29, 1.82) is 0 Å². The highest BCUT2D eigenvalue weighted by Crippen LogP contribution is 2.34. The number of halogens is 1. The predicted octanol–water partition coefficient (Wildman–Crippen LogP) is 3.95. The molecular weight excluding hydrogens is 497 g/mol. The van der Waals surface area contributed by atoms with Crippen molar-refractivity contribution in [3.05, 3.63) is 71.5 Å². The Morgan fingerprint density at radius 3 is 2.28 bits per heavy atom. The molecule has 0 aromatic heterocycles. The molecule has 0 radical (unpaired) electrons. The Balaban J connectivity index is 0.000000353. The lowest BCUT2D eigenvalue weighted by Crippen LogP contribution is -2.72. The van der Waals surface area contributed by atoms with Crippen LogP contribution >= 0.6 is 0 Å². The summed E-state index contributed by atoms with van der Waals surface area (Å²) in [6.07, 6.45) is 5.89. The molecule has 3 amide bonds. The maximum Gasteiger partial charge on any atom is 0.250 e. The van der Waals surface area contributed by atoms with Gasteiger partial charge < -0.3 is 15.1 Å². The Kier molecular flexibility index (Phi) is 11.9. The van der Waals surface area contributed by atoms with Gasteiger partial charge in [-0.25, -0.2) is 9.40 Å². The fourth-order valence-corrected chi connectivity index (χ4v) is 5.13. The van der Waals surface area contributed by atoms with E-state index in [2.05, 4.69) is 12.2 Å². The number of nitrogens with zero attached hydrogens (tertiary/aromatic N) is 4. The number of nitrogens with one attached hydrogen (secondary N) is 1. The molecule has 0 saturated carbocycles. The molecule has 2 aromatic rings. The molecule has 2 aliphatic rings. The van der Waals surface area contributed by atoms with Gasteiger partial charge >= 0.3 is 0 Å². The van der Waals surface area contributed by atoms with Crippen LogP contribution in [0.5, 0.6) is 0 Å². The highest BCUT2D eigenvalue weighted by Gasteiger charge is 2.49. The fraction of sp³-hybridized carbons (Fsp3) is 0.500. The molecule has 2 aromatic carbocycles. The zero-order valence-corrected chi connectivity index (χ0v) is 23.4. The standard InChI is InChI=1S/C22H32N4O3.C8H10FN/c1-3-5-6-7-11-14-23-15-19-25(17-27)24(4-2)16-20(28)26(19)21(22(23)29)18-12-9-8-10-13-18;1-10-6-7-2-4-8(9)5-3-7/h8-10,12-13,17,19,21H,3-7,11,14-16H2,1-2H3;2-5,10H,6H2,1H3/t19?,21-;/m0./s1. The van der Waals surface area contributed by atoms with Crippen molar-refractivity contribution >= 4 is 18.2 Å². The van der Waals surface area contributed by atoms with Gasteiger partial charge in [0.25, 0.3) is 0 Å². The molecule has 4 rings (SSSR count). The summed E-state index contributed by atoms with van der Waals surface area (Å²) in [6.45, 7) is 6.59. The molecule has 212 valence electrons. The molecule has 1 N–H and O–H groups in total. The summed E-state index contributed by atoms with van der Waals surface area (Å²) >= 11 is 0. The fourth-order valence-electron chi connectivity index (χ4n) is 5.13. The van der Waals surface area contributed by atoms with Gasteiger partial charge in [0.15, 0.2) is 0 Å². The Bertz CT molecular complexity index is 1050. The summed E-state index contributed by atoms with van der Waals surface area (Å²) in [6, 6.07) is 15.2. The van der Waals surface area contributed by atoms with Gasteiger partial charge in [0, 0.05) is 19.6 Å². The van der Waals surface area contributed by atoms with Gasteiger partial charge in [-0.2, -0.15) is 0 Å². The van der Waals surface area contributed by atoms with Crippen molar-refractivity contribution in [2.45, 2.75) is 64.7 Å². The monoisotopic (exact) mass is 539 g/mol. The van der Waals surface area contributed by atoms with Crippen molar-refractivity contribution in [2.75, 3.05) is 33.2 Å². The highest BCUT2D eigenvalue weighted by molar-refractivity contribution is 5.91. The average Bonchev–Trinajstić information content (AvgIpc) is 2.95. The van der Waals surface area contributed by atoms with Gasteiger partial charge in [0.05, 0.1) is 13.1 Å². The van der Waals surface area contributed by atoms with Crippen molar-refractivity contribution in [1.82, 2.24) is 25.1 Å². The van der Waals surface area contributed by atoms with E-state index in [-0.39, 0.29) is 24.2 Å². The minimum absolute atomic E-state index is 0.0490. The second kappa shape index (κ2) is 15.3. The SMILES string of the molecule is CCCCCCCN1CC2N(C(=O)CN(CC)N2C=O)[C@@H](c2ccccc2)C1=O.CNCc1ccc(F)cc1. The molecule has 0 bridgehead atoms. The van der Waals surface area contributed by atoms with Gasteiger partial charge in [-0.1, -0.05) is 82.0 Å². The van der Waals surface area contributed by atoms with Crippen LogP contribution in [0.2, 0.25) is 0 Å². The van der Waals surface area contributed by atoms with E-state index in [4.69, 9.17) is 0 Å². The van der Waals surface area contributed by atoms with Crippen LogP contribution in [0.25, 0.3) is 0 Å². The van der Waals surface area contributed by atoms with Crippen LogP contribution in [0.15, 0.2) is 54.6 Å². The molecule has 1 unspecified atom stereocenters. The molecule has 8 nitrogen and oxygen atoms in total. The number of piperazine rings is 1. The first-order valence-electron chi connectivity index (χ1n) is 14.0. The minimum Gasteiger partial charge on any atom is -0.337 e. The number of fused-ring (bicyclic) bond motifs is 1. The predicted molar refractivity (Wildman–Crippen MR) is 149 cm³/mol. The number of benzene rings is 2. The largest absolute Gasteiger partial charge is 0.337 e. The van der Waals surface area contributed by atoms with Gasteiger partial charge in [0.2, 0.25) is 18.2 Å². The first kappa shape index (κ1) is 30.2. The first-order valence-corrected chi connectivity index (χ1v) is 14.0. The molecule has 2 saturated heterocycles. The lowest BCUT2D eigenvalue weighted by molar-refractivity contribution is -0.200. The first-order chi connectivity index (χ1) is 18.9. The Labute approximate surface area is 231 Å². The lowest BCUT2D eigenvalue weighted by atomic mass is 9.98. The Morgan fingerprint density at radius 2 is 1.67 bits per heavy atom. The number of hydrogen-bond donors (Lipinski definition) is 1. The summed E-state index contributed by atoms with van der Waals surface area (Å²) in [7, 11) is 1.86. The van der Waals surface area contributed by atoms with Crippen molar-refractivity contribution < 1.29 is 18.8 Å². The van der Waals surface area contributed by atoms with Gasteiger partial charge in [0.1, 0.15) is 18.0 Å². The lowest BCUT2D eigenvalue weighted by Gasteiger charge is -2.54. The van der Waals surface area contributed by atoms with Crippen molar-refractivity contribution in [3.63, 3.8) is 0 Å². The minimum atomic E-state index is -0.681. The van der Waals surface area contributed by atoms with Gasteiger partial charge in [-0.15, -0.1) is 0 Å². The molecule has 0 spiro atoms. The van der Waals surface area contributed by atoms with Crippen LogP contribution in [0, 0.1) is 5.82 Å². The second-order valence-corrected chi connectivity index (χ2v) is 9.92. The van der Waals surface area contributed by atoms with Crippen LogP contribution in [-0.4, -0.2) is 77.4 Å². The van der Waals surface area contributed by atoms with Crippen molar-refractivity contribution in [3.8, 4) is 0 Å². The van der Waals surface area contributed by atoms with Gasteiger partial charge in [-0.05, 0) is 36.7 Å². The van der Waals surface area contributed by atoms with E-state index in [1.165, 1.54) is 31.4 Å². The molecule has 9 heteroatoms. The molecule has 39 heavy (non-hydrogen) atoms. The molecule has 2 atom stereocenters. The topological polar surface area (TPSA) is 76.2 Å². The third kappa shape index (κ3) is 7.86. The summed E-state index contributed by atoms with van der Waals surface area (Å²) in [5.41, 5.74) is 1.89. The Hall–Kier alpha value is -3.30. The smallest absolute Gasteiger partial charge is 0.250 e. The number of carbonyl (C=O) groups is 3. The van der Waals surface area contributed by atoms with Gasteiger partial charge in [-0.3, -0.25) is 19.4 Å². The molecule has 2 fully saturated rings. The summed E-state index contributed by atoms with van der Waals surface area (Å²) in [4.78, 5) is 41.8. The maximum absolute atomic E-state index is 13.4. The van der Waals surface area contributed by atoms with E-state index >= 15 is 0 Å². The van der Waals surface area contributed by atoms with E-state index in [1.54, 1.807) is 27.1 Å². The van der Waals surface area contributed by atoms with E-state index in [0.717, 1.165) is 36.9 Å². The third-order valence-electron chi connectivity index (χ3n) is 7.18. The van der Waals surface area contributed by atoms with Crippen LogP contribution in [0.4, 0.5) is 4.39 Å². The third-order valence-corrected chi connectivity index (χ3v) is 7.18. The summed E-state index contributed by atoms with van der Waals surface area (Å²) in [5.74, 6) is -0.341. The highest BCUT2D eigenvalue weighted by atomic mass is 19.1. The number of hydrogen-bond acceptors (Lipinski definition) is 5. The average molecular weight is 540 g/mol. The van der Waals surface area contributed by atoms with E-state index in [9.17, 15) is 18.8 Å². The second-order valence-electron chi connectivity index (χ2n) is 9.92. The normalized spacial score (nSPS) is 19.4. The van der Waals surface area contributed by atoms with Crippen LogP contribution < -0.4 is 5.32 Å².